The topological polar surface area (TPSA) is 0 Å². The van der Waals surface area contributed by atoms with Crippen molar-refractivity contribution in [1.82, 2.24) is 0 Å². The van der Waals surface area contributed by atoms with Crippen molar-refractivity contribution in [2.24, 2.45) is 0 Å². The highest BCUT2D eigenvalue weighted by Crippen LogP contribution is 2.45. The lowest BCUT2D eigenvalue weighted by molar-refractivity contribution is 0.988. The minimum absolute atomic E-state index is 1.09. The van der Waals surface area contributed by atoms with Crippen LogP contribution in [-0.2, 0) is 6.42 Å². The molecule has 0 bridgehead atoms. The molecule has 1 aliphatic carbocycles. The van der Waals surface area contributed by atoms with Crippen LogP contribution >= 0.6 is 0 Å². The summed E-state index contributed by atoms with van der Waals surface area (Å²) in [4.78, 5) is 0. The first kappa shape index (κ1) is 30.8. The zero-order chi connectivity index (χ0) is 35.6. The van der Waals surface area contributed by atoms with Crippen molar-refractivity contribution in [3.63, 3.8) is 0 Å². The average Bonchev–Trinajstić information content (AvgIpc) is 3.25. The fourth-order valence-electron chi connectivity index (χ4n) is 9.16. The van der Waals surface area contributed by atoms with Gasteiger partial charge >= 0.3 is 0 Å². The molecule has 0 fully saturated rings. The monoisotopic (exact) mass is 684 g/mol. The van der Waals surface area contributed by atoms with Gasteiger partial charge < -0.3 is 0 Å². The van der Waals surface area contributed by atoms with Gasteiger partial charge in [0.1, 0.15) is 0 Å². The standard InChI is InChI=1S/C54H36/c1-4-16-43-35(11-1)14-9-21-45(43)38-23-27-40(28-24-38)51-33-42-34-52(41-29-25-39(26-30-41)46-22-10-15-36-12-2-5-17-44(36)46)54-47-18-6-3-13-37(47)31-32-50(54)53(42)49-20-8-7-19-48(49)51/h1-3,5-15,17-34H,4,16H2. The van der Waals surface area contributed by atoms with Crippen LogP contribution in [0.3, 0.4) is 0 Å². The van der Waals surface area contributed by atoms with Crippen molar-refractivity contribution < 1.29 is 0 Å². The van der Waals surface area contributed by atoms with Crippen molar-refractivity contribution in [3.05, 3.63) is 199 Å². The minimum Gasteiger partial charge on any atom is -0.0836 e. The van der Waals surface area contributed by atoms with Crippen LogP contribution < -0.4 is 0 Å². The summed E-state index contributed by atoms with van der Waals surface area (Å²) in [6.07, 6.45) is 6.76. The molecule has 11 rings (SSSR count). The van der Waals surface area contributed by atoms with Crippen LogP contribution in [0.25, 0.3) is 104 Å². The molecule has 1 aliphatic rings. The molecule has 10 aromatic rings. The third-order valence-corrected chi connectivity index (χ3v) is 11.7. The molecule has 0 radical (unpaired) electrons. The Hall–Kier alpha value is -6.76. The second-order valence-electron chi connectivity index (χ2n) is 14.7. The lowest BCUT2D eigenvalue weighted by atomic mass is 9.85. The van der Waals surface area contributed by atoms with Gasteiger partial charge in [-0.2, -0.15) is 0 Å². The Morgan fingerprint density at radius 2 is 0.870 bits per heavy atom. The van der Waals surface area contributed by atoms with E-state index in [1.165, 1.54) is 109 Å². The summed E-state index contributed by atoms with van der Waals surface area (Å²) < 4.78 is 0. The highest BCUT2D eigenvalue weighted by molar-refractivity contribution is 6.30. The highest BCUT2D eigenvalue weighted by Gasteiger charge is 2.18. The first-order valence-corrected chi connectivity index (χ1v) is 19.1. The van der Waals surface area contributed by atoms with E-state index in [4.69, 9.17) is 0 Å². The SMILES string of the molecule is C1=Cc2cccc(-c3ccc(-c4cc5cc(-c6ccc(-c7cccc8ccccc78)cc6)c6c7ccccc7ccc6c5c5ccccc45)cc3)c2CC1. The van der Waals surface area contributed by atoms with E-state index in [1.54, 1.807) is 0 Å². The third-order valence-electron chi connectivity index (χ3n) is 11.7. The smallest absolute Gasteiger partial charge is 0.00201 e. The molecule has 54 heavy (non-hydrogen) atoms. The van der Waals surface area contributed by atoms with Crippen LogP contribution in [0, 0.1) is 0 Å². The summed E-state index contributed by atoms with van der Waals surface area (Å²) in [6.45, 7) is 0. The van der Waals surface area contributed by atoms with Crippen LogP contribution in [-0.4, -0.2) is 0 Å². The Morgan fingerprint density at radius 3 is 1.65 bits per heavy atom. The van der Waals surface area contributed by atoms with E-state index in [2.05, 4.69) is 194 Å². The molecule has 0 unspecified atom stereocenters. The second-order valence-corrected chi connectivity index (χ2v) is 14.7. The summed E-state index contributed by atoms with van der Waals surface area (Å²) in [5.41, 5.74) is 12.9. The van der Waals surface area contributed by atoms with Crippen molar-refractivity contribution in [2.75, 3.05) is 0 Å². The van der Waals surface area contributed by atoms with Crippen LogP contribution in [0.1, 0.15) is 17.5 Å². The van der Waals surface area contributed by atoms with Crippen molar-refractivity contribution in [2.45, 2.75) is 12.8 Å². The van der Waals surface area contributed by atoms with Crippen LogP contribution in [0.4, 0.5) is 0 Å². The maximum Gasteiger partial charge on any atom is -0.00201 e. The van der Waals surface area contributed by atoms with Crippen LogP contribution in [0.5, 0.6) is 0 Å². The van der Waals surface area contributed by atoms with E-state index in [9.17, 15) is 0 Å². The summed E-state index contributed by atoms with van der Waals surface area (Å²) in [5.74, 6) is 0. The minimum atomic E-state index is 1.09. The van der Waals surface area contributed by atoms with Gasteiger partial charge in [-0.15, -0.1) is 0 Å². The molecule has 10 aromatic carbocycles. The van der Waals surface area contributed by atoms with Gasteiger partial charge in [0.2, 0.25) is 0 Å². The lowest BCUT2D eigenvalue weighted by Crippen LogP contribution is -1.97. The molecule has 0 N–H and O–H groups in total. The first-order valence-electron chi connectivity index (χ1n) is 19.1. The Morgan fingerprint density at radius 1 is 0.315 bits per heavy atom. The van der Waals surface area contributed by atoms with Gasteiger partial charge in [-0.1, -0.05) is 182 Å². The molecular weight excluding hydrogens is 649 g/mol. The highest BCUT2D eigenvalue weighted by atomic mass is 14.2. The predicted molar refractivity (Wildman–Crippen MR) is 233 cm³/mol. The van der Waals surface area contributed by atoms with Crippen LogP contribution in [0.2, 0.25) is 0 Å². The maximum atomic E-state index is 2.45. The molecule has 0 aliphatic heterocycles. The van der Waals surface area contributed by atoms with Crippen molar-refractivity contribution in [3.8, 4) is 44.5 Å². The van der Waals surface area contributed by atoms with E-state index in [0.717, 1.165) is 12.8 Å². The van der Waals surface area contributed by atoms with Crippen molar-refractivity contribution >= 4 is 59.9 Å². The quantitative estimate of drug-likeness (QED) is 0.162. The second kappa shape index (κ2) is 12.4. The van der Waals surface area contributed by atoms with Gasteiger partial charge in [0, 0.05) is 0 Å². The molecule has 0 heterocycles. The number of allylic oxidation sites excluding steroid dienone is 1. The van der Waals surface area contributed by atoms with Gasteiger partial charge in [0.25, 0.3) is 0 Å². The van der Waals surface area contributed by atoms with Crippen LogP contribution in [0.15, 0.2) is 188 Å². The first-order chi connectivity index (χ1) is 26.8. The molecule has 0 saturated heterocycles. The maximum absolute atomic E-state index is 2.45. The van der Waals surface area contributed by atoms with Crippen molar-refractivity contribution in [1.29, 1.82) is 0 Å². The van der Waals surface area contributed by atoms with E-state index in [0.29, 0.717) is 0 Å². The van der Waals surface area contributed by atoms with E-state index in [1.807, 2.05) is 0 Å². The number of fused-ring (bicyclic) bond motifs is 9. The molecular formula is C54H36. The fourth-order valence-corrected chi connectivity index (χ4v) is 9.16. The Balaban J connectivity index is 1.12. The molecule has 0 atom stereocenters. The fraction of sp³-hybridized carbons (Fsp3) is 0.0370. The predicted octanol–water partition coefficient (Wildman–Crippen LogP) is 15.1. The number of rotatable bonds is 4. The van der Waals surface area contributed by atoms with E-state index < -0.39 is 0 Å². The van der Waals surface area contributed by atoms with Gasteiger partial charge in [0.15, 0.2) is 0 Å². The normalized spacial score (nSPS) is 12.6. The summed E-state index contributed by atoms with van der Waals surface area (Å²) in [5, 5.41) is 12.8. The largest absolute Gasteiger partial charge is 0.0836 e. The number of hydrogen-bond donors (Lipinski definition) is 0. The average molecular weight is 685 g/mol. The molecule has 0 amide bonds. The number of benzene rings is 10. The summed E-state index contributed by atoms with van der Waals surface area (Å²) in [6, 6.07) is 67.8. The Labute approximate surface area is 315 Å². The molecule has 0 nitrogen and oxygen atoms in total. The van der Waals surface area contributed by atoms with E-state index >= 15 is 0 Å². The third kappa shape index (κ3) is 4.91. The van der Waals surface area contributed by atoms with Gasteiger partial charge in [0.05, 0.1) is 0 Å². The zero-order valence-corrected chi connectivity index (χ0v) is 29.9. The van der Waals surface area contributed by atoms with Gasteiger partial charge in [-0.3, -0.25) is 0 Å². The van der Waals surface area contributed by atoms with Gasteiger partial charge in [-0.05, 0) is 134 Å². The van der Waals surface area contributed by atoms with Gasteiger partial charge in [-0.25, -0.2) is 0 Å². The molecule has 0 heteroatoms. The molecule has 0 aromatic heterocycles. The molecule has 252 valence electrons. The Bertz CT molecular complexity index is 3120. The summed E-state index contributed by atoms with van der Waals surface area (Å²) >= 11 is 0. The Kier molecular flexibility index (Phi) is 7.10. The van der Waals surface area contributed by atoms with E-state index in [-0.39, 0.29) is 0 Å². The zero-order valence-electron chi connectivity index (χ0n) is 29.9. The molecule has 0 saturated carbocycles. The molecule has 0 spiro atoms. The number of hydrogen-bond acceptors (Lipinski definition) is 0. The summed E-state index contributed by atoms with van der Waals surface area (Å²) in [7, 11) is 0. The lowest BCUT2D eigenvalue weighted by Gasteiger charge is -2.18.